The molecule has 3 rings (SSSR count). The standard InChI is InChI=1S/C15H9ClFNO3/c1-8-18-12-7-9(5-6-13(12)20-8)21-15(19)14-10(16)3-2-4-11(14)17/h2-7H,1H3. The van der Waals surface area contributed by atoms with Crippen molar-refractivity contribution in [1.29, 1.82) is 0 Å². The van der Waals surface area contributed by atoms with E-state index in [2.05, 4.69) is 4.98 Å². The molecule has 0 fully saturated rings. The number of nitrogens with zero attached hydrogens (tertiary/aromatic N) is 1. The molecule has 6 heteroatoms. The van der Waals surface area contributed by atoms with Crippen LogP contribution in [-0.2, 0) is 0 Å². The first kappa shape index (κ1) is 13.6. The third-order valence-electron chi connectivity index (χ3n) is 2.84. The molecule has 4 nitrogen and oxygen atoms in total. The summed E-state index contributed by atoms with van der Waals surface area (Å²) in [5, 5.41) is -0.00152. The van der Waals surface area contributed by atoms with Crippen molar-refractivity contribution in [2.24, 2.45) is 0 Å². The van der Waals surface area contributed by atoms with Gasteiger partial charge in [-0.25, -0.2) is 14.2 Å². The lowest BCUT2D eigenvalue weighted by atomic mass is 10.2. The minimum Gasteiger partial charge on any atom is -0.441 e. The van der Waals surface area contributed by atoms with Crippen molar-refractivity contribution in [3.63, 3.8) is 0 Å². The van der Waals surface area contributed by atoms with Gasteiger partial charge in [0.25, 0.3) is 0 Å². The molecule has 21 heavy (non-hydrogen) atoms. The summed E-state index contributed by atoms with van der Waals surface area (Å²) in [6.07, 6.45) is 0. The highest BCUT2D eigenvalue weighted by Gasteiger charge is 2.18. The van der Waals surface area contributed by atoms with Crippen LogP contribution < -0.4 is 4.74 Å². The Hall–Kier alpha value is -2.40. The summed E-state index contributed by atoms with van der Waals surface area (Å²) in [6, 6.07) is 8.69. The maximum atomic E-state index is 13.6. The van der Waals surface area contributed by atoms with E-state index >= 15 is 0 Å². The van der Waals surface area contributed by atoms with E-state index in [1.807, 2.05) is 0 Å². The molecule has 2 aromatic carbocycles. The summed E-state index contributed by atoms with van der Waals surface area (Å²) in [7, 11) is 0. The lowest BCUT2D eigenvalue weighted by molar-refractivity contribution is 0.0730. The molecule has 0 unspecified atom stereocenters. The number of ether oxygens (including phenoxy) is 1. The van der Waals surface area contributed by atoms with E-state index in [4.69, 9.17) is 20.8 Å². The SMILES string of the molecule is Cc1nc2cc(OC(=O)c3c(F)cccc3Cl)ccc2o1. The number of hydrogen-bond donors (Lipinski definition) is 0. The smallest absolute Gasteiger partial charge is 0.348 e. The first-order chi connectivity index (χ1) is 10.0. The third kappa shape index (κ3) is 2.60. The average Bonchev–Trinajstić information content (AvgIpc) is 2.77. The van der Waals surface area contributed by atoms with Crippen molar-refractivity contribution in [3.05, 3.63) is 58.7 Å². The Bertz CT molecular complexity index is 824. The highest BCUT2D eigenvalue weighted by molar-refractivity contribution is 6.33. The fourth-order valence-corrected chi connectivity index (χ4v) is 2.18. The number of esters is 1. The van der Waals surface area contributed by atoms with Crippen molar-refractivity contribution in [3.8, 4) is 5.75 Å². The van der Waals surface area contributed by atoms with Crippen LogP contribution in [0, 0.1) is 12.7 Å². The molecule has 0 radical (unpaired) electrons. The first-order valence-corrected chi connectivity index (χ1v) is 6.46. The molecule has 1 heterocycles. The van der Waals surface area contributed by atoms with Gasteiger partial charge in [-0.05, 0) is 24.3 Å². The zero-order chi connectivity index (χ0) is 15.0. The van der Waals surface area contributed by atoms with Gasteiger partial charge in [-0.1, -0.05) is 17.7 Å². The topological polar surface area (TPSA) is 52.3 Å². The molecular weight excluding hydrogens is 297 g/mol. The first-order valence-electron chi connectivity index (χ1n) is 6.08. The van der Waals surface area contributed by atoms with Crippen LogP contribution in [0.2, 0.25) is 5.02 Å². The molecule has 0 saturated heterocycles. The van der Waals surface area contributed by atoms with Crippen LogP contribution >= 0.6 is 11.6 Å². The fourth-order valence-electron chi connectivity index (χ4n) is 1.94. The highest BCUT2D eigenvalue weighted by atomic mass is 35.5. The minimum absolute atomic E-state index is 0.00152. The van der Waals surface area contributed by atoms with E-state index in [-0.39, 0.29) is 16.3 Å². The summed E-state index contributed by atoms with van der Waals surface area (Å²) >= 11 is 5.82. The molecule has 0 atom stereocenters. The van der Waals surface area contributed by atoms with Crippen molar-refractivity contribution in [2.75, 3.05) is 0 Å². The maximum Gasteiger partial charge on any atom is 0.348 e. The van der Waals surface area contributed by atoms with Crippen LogP contribution in [0.15, 0.2) is 40.8 Å². The number of carbonyl (C=O) groups is 1. The van der Waals surface area contributed by atoms with Crippen LogP contribution in [0.5, 0.6) is 5.75 Å². The van der Waals surface area contributed by atoms with Gasteiger partial charge >= 0.3 is 5.97 Å². The molecule has 0 aliphatic rings. The Morgan fingerprint density at radius 3 is 2.90 bits per heavy atom. The molecule has 0 spiro atoms. The number of rotatable bonds is 2. The van der Waals surface area contributed by atoms with E-state index in [9.17, 15) is 9.18 Å². The summed E-state index contributed by atoms with van der Waals surface area (Å²) in [4.78, 5) is 16.1. The largest absolute Gasteiger partial charge is 0.441 e. The van der Waals surface area contributed by atoms with Gasteiger partial charge in [-0.15, -0.1) is 0 Å². The third-order valence-corrected chi connectivity index (χ3v) is 3.16. The number of aryl methyl sites for hydroxylation is 1. The molecular formula is C15H9ClFNO3. The van der Waals surface area contributed by atoms with Gasteiger partial charge in [-0.3, -0.25) is 0 Å². The second-order valence-corrected chi connectivity index (χ2v) is 4.76. The van der Waals surface area contributed by atoms with E-state index in [1.54, 1.807) is 25.1 Å². The van der Waals surface area contributed by atoms with Crippen molar-refractivity contribution in [1.82, 2.24) is 4.98 Å². The Kier molecular flexibility index (Phi) is 3.35. The molecule has 1 aromatic heterocycles. The van der Waals surface area contributed by atoms with E-state index in [0.717, 1.165) is 6.07 Å². The quantitative estimate of drug-likeness (QED) is 0.527. The summed E-state index contributed by atoms with van der Waals surface area (Å²) < 4.78 is 24.1. The maximum absolute atomic E-state index is 13.6. The number of oxazole rings is 1. The van der Waals surface area contributed by atoms with Crippen molar-refractivity contribution >= 4 is 28.7 Å². The van der Waals surface area contributed by atoms with E-state index in [0.29, 0.717) is 17.0 Å². The summed E-state index contributed by atoms with van der Waals surface area (Å²) in [5.41, 5.74) is 0.837. The van der Waals surface area contributed by atoms with Crippen molar-refractivity contribution < 1.29 is 18.3 Å². The molecule has 106 valence electrons. The zero-order valence-electron chi connectivity index (χ0n) is 10.9. The molecule has 0 saturated carbocycles. The van der Waals surface area contributed by atoms with E-state index < -0.39 is 11.8 Å². The predicted octanol–water partition coefficient (Wildman–Crippen LogP) is 4.15. The second-order valence-electron chi connectivity index (χ2n) is 4.35. The van der Waals surface area contributed by atoms with Gasteiger partial charge in [0.1, 0.15) is 22.6 Å². The number of aromatic nitrogens is 1. The molecule has 0 N–H and O–H groups in total. The Morgan fingerprint density at radius 2 is 2.14 bits per heavy atom. The highest BCUT2D eigenvalue weighted by Crippen LogP contribution is 2.24. The van der Waals surface area contributed by atoms with Crippen LogP contribution in [0.4, 0.5) is 4.39 Å². The van der Waals surface area contributed by atoms with Gasteiger partial charge in [0.15, 0.2) is 11.5 Å². The van der Waals surface area contributed by atoms with Crippen LogP contribution in [0.25, 0.3) is 11.1 Å². The van der Waals surface area contributed by atoms with Crippen LogP contribution in [-0.4, -0.2) is 11.0 Å². The lowest BCUT2D eigenvalue weighted by Crippen LogP contribution is -2.11. The normalized spacial score (nSPS) is 10.8. The summed E-state index contributed by atoms with van der Waals surface area (Å²) in [5.74, 6) is -0.853. The molecule has 0 amide bonds. The predicted molar refractivity (Wildman–Crippen MR) is 75.1 cm³/mol. The number of hydrogen-bond acceptors (Lipinski definition) is 4. The Labute approximate surface area is 124 Å². The number of halogens is 2. The van der Waals surface area contributed by atoms with Gasteiger partial charge in [-0.2, -0.15) is 0 Å². The lowest BCUT2D eigenvalue weighted by Gasteiger charge is -2.06. The Morgan fingerprint density at radius 1 is 1.33 bits per heavy atom. The number of benzene rings is 2. The van der Waals surface area contributed by atoms with Gasteiger partial charge in [0.05, 0.1) is 5.02 Å². The average molecular weight is 306 g/mol. The molecule has 3 aromatic rings. The molecule has 0 bridgehead atoms. The summed E-state index contributed by atoms with van der Waals surface area (Å²) in [6.45, 7) is 1.71. The van der Waals surface area contributed by atoms with Gasteiger partial charge in [0.2, 0.25) is 0 Å². The Balaban J connectivity index is 1.92. The zero-order valence-corrected chi connectivity index (χ0v) is 11.6. The monoisotopic (exact) mass is 305 g/mol. The molecule has 0 aliphatic heterocycles. The van der Waals surface area contributed by atoms with E-state index in [1.165, 1.54) is 12.1 Å². The van der Waals surface area contributed by atoms with Gasteiger partial charge in [0, 0.05) is 13.0 Å². The van der Waals surface area contributed by atoms with Gasteiger partial charge < -0.3 is 9.15 Å². The van der Waals surface area contributed by atoms with Crippen LogP contribution in [0.1, 0.15) is 16.2 Å². The van der Waals surface area contributed by atoms with Crippen LogP contribution in [0.3, 0.4) is 0 Å². The molecule has 0 aliphatic carbocycles. The minimum atomic E-state index is -0.863. The van der Waals surface area contributed by atoms with Crippen molar-refractivity contribution in [2.45, 2.75) is 6.92 Å². The number of fused-ring (bicyclic) bond motifs is 1. The second kappa shape index (κ2) is 5.18. The fraction of sp³-hybridized carbons (Fsp3) is 0.0667. The number of carbonyl (C=O) groups excluding carboxylic acids is 1.